The van der Waals surface area contributed by atoms with Gasteiger partial charge in [-0.3, -0.25) is 9.78 Å². The third kappa shape index (κ3) is 1.62. The van der Waals surface area contributed by atoms with E-state index in [1.54, 1.807) is 6.92 Å². The lowest BCUT2D eigenvalue weighted by Crippen LogP contribution is -2.27. The fourth-order valence-electron chi connectivity index (χ4n) is 0.990. The lowest BCUT2D eigenvalue weighted by atomic mass is 10.2. The van der Waals surface area contributed by atoms with Gasteiger partial charge in [0.05, 0.1) is 0 Å². The lowest BCUT2D eigenvalue weighted by Gasteiger charge is -2.00. The van der Waals surface area contributed by atoms with Gasteiger partial charge in [0, 0.05) is 17.7 Å². The monoisotopic (exact) mass is 169 g/mol. The predicted octanol–water partition coefficient (Wildman–Crippen LogP) is -1.13. The van der Waals surface area contributed by atoms with Gasteiger partial charge < -0.3 is 10.7 Å². The van der Waals surface area contributed by atoms with E-state index >= 15 is 0 Å². The Bertz CT molecular complexity index is 377. The Morgan fingerprint density at radius 3 is 2.58 bits per heavy atom. The van der Waals surface area contributed by atoms with Gasteiger partial charge in [0.1, 0.15) is 0 Å². The summed E-state index contributed by atoms with van der Waals surface area (Å²) in [6.07, 6.45) is 0.519. The third-order valence-electron chi connectivity index (χ3n) is 1.68. The molecule has 0 atom stereocenters. The molecule has 0 amide bonds. The van der Waals surface area contributed by atoms with Crippen molar-refractivity contribution in [3.63, 3.8) is 0 Å². The van der Waals surface area contributed by atoms with E-state index < -0.39 is 5.69 Å². The molecule has 66 valence electrons. The summed E-state index contributed by atoms with van der Waals surface area (Å²) in [4.78, 5) is 26.5. The van der Waals surface area contributed by atoms with Crippen molar-refractivity contribution in [1.29, 1.82) is 0 Å². The number of nitrogens with two attached hydrogens (primary N) is 1. The van der Waals surface area contributed by atoms with Crippen LogP contribution < -0.4 is 17.0 Å². The van der Waals surface area contributed by atoms with E-state index in [-0.39, 0.29) is 5.56 Å². The molecule has 1 aromatic rings. The van der Waals surface area contributed by atoms with Crippen LogP contribution in [-0.4, -0.2) is 16.5 Å². The number of H-pyrrole nitrogens is 2. The first-order valence-electron chi connectivity index (χ1n) is 3.67. The van der Waals surface area contributed by atoms with E-state index in [9.17, 15) is 9.59 Å². The molecule has 5 heteroatoms. The zero-order valence-electron chi connectivity index (χ0n) is 6.81. The number of hydrogen-bond acceptors (Lipinski definition) is 3. The number of hydrogen-bond donors (Lipinski definition) is 3. The summed E-state index contributed by atoms with van der Waals surface area (Å²) in [5, 5.41) is 0. The van der Waals surface area contributed by atoms with Gasteiger partial charge in [-0.25, -0.2) is 4.79 Å². The molecule has 0 bridgehead atoms. The molecule has 0 aliphatic heterocycles. The average Bonchev–Trinajstić information content (AvgIpc) is 2.00. The minimum Gasteiger partial charge on any atom is -0.330 e. The molecule has 1 heterocycles. The van der Waals surface area contributed by atoms with Crippen molar-refractivity contribution in [2.45, 2.75) is 13.3 Å². The van der Waals surface area contributed by atoms with E-state index in [0.717, 1.165) is 0 Å². The summed E-state index contributed by atoms with van der Waals surface area (Å²) in [7, 11) is 0. The molecule has 5 nitrogen and oxygen atoms in total. The van der Waals surface area contributed by atoms with E-state index in [4.69, 9.17) is 5.73 Å². The van der Waals surface area contributed by atoms with Crippen LogP contribution in [-0.2, 0) is 6.42 Å². The molecule has 1 aromatic heterocycles. The summed E-state index contributed by atoms with van der Waals surface area (Å²) in [5.74, 6) is 0. The van der Waals surface area contributed by atoms with Crippen molar-refractivity contribution in [2.75, 3.05) is 6.54 Å². The molecule has 0 fully saturated rings. The van der Waals surface area contributed by atoms with E-state index in [1.165, 1.54) is 0 Å². The van der Waals surface area contributed by atoms with Crippen LogP contribution in [0, 0.1) is 6.92 Å². The topological polar surface area (TPSA) is 91.7 Å². The number of aromatic amines is 2. The molecular formula is C7H11N3O2. The van der Waals surface area contributed by atoms with Gasteiger partial charge in [-0.1, -0.05) is 0 Å². The fourth-order valence-corrected chi connectivity index (χ4v) is 0.990. The van der Waals surface area contributed by atoms with Gasteiger partial charge in [-0.15, -0.1) is 0 Å². The number of aromatic nitrogens is 2. The molecule has 12 heavy (non-hydrogen) atoms. The second kappa shape index (κ2) is 3.36. The quantitative estimate of drug-likeness (QED) is 0.523. The summed E-state index contributed by atoms with van der Waals surface area (Å²) >= 11 is 0. The lowest BCUT2D eigenvalue weighted by molar-refractivity contribution is 0.860. The van der Waals surface area contributed by atoms with Crippen LogP contribution in [0.1, 0.15) is 11.3 Å². The Balaban J connectivity index is 3.28. The highest BCUT2D eigenvalue weighted by Gasteiger charge is 2.02. The first-order chi connectivity index (χ1) is 5.65. The predicted molar refractivity (Wildman–Crippen MR) is 45.2 cm³/mol. The maximum Gasteiger partial charge on any atom is 0.325 e. The molecule has 0 aromatic carbocycles. The molecule has 1 rings (SSSR count). The van der Waals surface area contributed by atoms with Crippen LogP contribution in [0.4, 0.5) is 0 Å². The Labute approximate surface area is 68.6 Å². The van der Waals surface area contributed by atoms with Gasteiger partial charge in [0.15, 0.2) is 0 Å². The standard InChI is InChI=1S/C7H11N3O2/c1-4-5(2-3-8)9-7(12)10-6(4)11/h2-3,8H2,1H3,(H2,9,10,11,12). The van der Waals surface area contributed by atoms with Gasteiger partial charge in [0.25, 0.3) is 5.56 Å². The zero-order valence-corrected chi connectivity index (χ0v) is 6.81. The number of nitrogens with one attached hydrogen (secondary N) is 2. The van der Waals surface area contributed by atoms with E-state index in [1.807, 2.05) is 0 Å². The molecule has 0 saturated carbocycles. The maximum atomic E-state index is 11.0. The largest absolute Gasteiger partial charge is 0.330 e. The second-order valence-corrected chi connectivity index (χ2v) is 2.55. The van der Waals surface area contributed by atoms with Crippen molar-refractivity contribution in [3.05, 3.63) is 32.1 Å². The smallest absolute Gasteiger partial charge is 0.325 e. The second-order valence-electron chi connectivity index (χ2n) is 2.55. The Morgan fingerprint density at radius 2 is 2.00 bits per heavy atom. The highest BCUT2D eigenvalue weighted by molar-refractivity contribution is 5.13. The van der Waals surface area contributed by atoms with Crippen LogP contribution in [0.3, 0.4) is 0 Å². The van der Waals surface area contributed by atoms with Gasteiger partial charge in [-0.2, -0.15) is 0 Å². The van der Waals surface area contributed by atoms with Crippen molar-refractivity contribution < 1.29 is 0 Å². The molecular weight excluding hydrogens is 158 g/mol. The summed E-state index contributed by atoms with van der Waals surface area (Å²) in [6, 6.07) is 0. The molecule has 0 radical (unpaired) electrons. The summed E-state index contributed by atoms with van der Waals surface area (Å²) in [6.45, 7) is 2.07. The SMILES string of the molecule is Cc1c(CCN)[nH]c(=O)[nH]c1=O. The van der Waals surface area contributed by atoms with Crippen molar-refractivity contribution in [3.8, 4) is 0 Å². The Kier molecular flexibility index (Phi) is 2.44. The normalized spacial score (nSPS) is 10.2. The van der Waals surface area contributed by atoms with Crippen molar-refractivity contribution in [2.24, 2.45) is 5.73 Å². The van der Waals surface area contributed by atoms with Crippen molar-refractivity contribution in [1.82, 2.24) is 9.97 Å². The Hall–Kier alpha value is -1.36. The van der Waals surface area contributed by atoms with E-state index in [2.05, 4.69) is 9.97 Å². The fraction of sp³-hybridized carbons (Fsp3) is 0.429. The molecule has 4 N–H and O–H groups in total. The maximum absolute atomic E-state index is 11.0. The average molecular weight is 169 g/mol. The van der Waals surface area contributed by atoms with Gasteiger partial charge >= 0.3 is 5.69 Å². The minimum absolute atomic E-state index is 0.345. The highest BCUT2D eigenvalue weighted by atomic mass is 16.2. The molecule has 0 aliphatic rings. The van der Waals surface area contributed by atoms with Crippen LogP contribution in [0.25, 0.3) is 0 Å². The summed E-state index contributed by atoms with van der Waals surface area (Å²) < 4.78 is 0. The molecule has 0 saturated heterocycles. The first kappa shape index (κ1) is 8.73. The molecule has 0 aliphatic carbocycles. The third-order valence-corrected chi connectivity index (χ3v) is 1.68. The van der Waals surface area contributed by atoms with Gasteiger partial charge in [0.2, 0.25) is 0 Å². The first-order valence-corrected chi connectivity index (χ1v) is 3.67. The molecule has 0 unspecified atom stereocenters. The highest BCUT2D eigenvalue weighted by Crippen LogP contribution is 1.93. The minimum atomic E-state index is -0.478. The van der Waals surface area contributed by atoms with Crippen LogP contribution in [0.2, 0.25) is 0 Å². The van der Waals surface area contributed by atoms with Gasteiger partial charge in [-0.05, 0) is 13.5 Å². The van der Waals surface area contributed by atoms with Crippen LogP contribution in [0.15, 0.2) is 9.59 Å². The van der Waals surface area contributed by atoms with Crippen LogP contribution in [0.5, 0.6) is 0 Å². The molecule has 0 spiro atoms. The van der Waals surface area contributed by atoms with E-state index in [0.29, 0.717) is 24.2 Å². The van der Waals surface area contributed by atoms with Crippen LogP contribution >= 0.6 is 0 Å². The Morgan fingerprint density at radius 1 is 1.33 bits per heavy atom. The van der Waals surface area contributed by atoms with Crippen molar-refractivity contribution >= 4 is 0 Å². The number of rotatable bonds is 2. The zero-order chi connectivity index (χ0) is 9.14. The summed E-state index contributed by atoms with van der Waals surface area (Å²) in [5.41, 5.74) is 5.62.